The number of carbonyl (C=O) groups excluding carboxylic acids is 2. The Balaban J connectivity index is 2.34. The van der Waals surface area contributed by atoms with Gasteiger partial charge in [0, 0.05) is 28.7 Å². The van der Waals surface area contributed by atoms with E-state index in [0.29, 0.717) is 29.8 Å². The van der Waals surface area contributed by atoms with Crippen LogP contribution in [0.3, 0.4) is 0 Å². The number of hydrogen-bond donors (Lipinski definition) is 0. The SMILES string of the molecule is CCCCN(CC)C(=O)c1ccccc1C(=O)c1ccc(Br)cc1. The van der Waals surface area contributed by atoms with Crippen LogP contribution in [0.15, 0.2) is 53.0 Å². The summed E-state index contributed by atoms with van der Waals surface area (Å²) < 4.78 is 0.917. The zero-order chi connectivity index (χ0) is 17.5. The minimum atomic E-state index is -0.127. The molecular formula is C20H22BrNO2. The highest BCUT2D eigenvalue weighted by atomic mass is 79.9. The van der Waals surface area contributed by atoms with Gasteiger partial charge in [-0.25, -0.2) is 0 Å². The van der Waals surface area contributed by atoms with Crippen molar-refractivity contribution in [3.8, 4) is 0 Å². The average Bonchev–Trinajstić information content (AvgIpc) is 2.62. The second-order valence-corrected chi connectivity index (χ2v) is 6.54. The summed E-state index contributed by atoms with van der Waals surface area (Å²) in [6.07, 6.45) is 1.99. The number of amides is 1. The molecule has 2 aromatic rings. The fourth-order valence-corrected chi connectivity index (χ4v) is 2.81. The standard InChI is InChI=1S/C20H22BrNO2/c1-3-5-14-22(4-2)20(24)18-9-7-6-8-17(18)19(23)15-10-12-16(21)13-11-15/h6-13H,3-5,14H2,1-2H3. The highest BCUT2D eigenvalue weighted by Crippen LogP contribution is 2.19. The summed E-state index contributed by atoms with van der Waals surface area (Å²) in [5, 5.41) is 0. The van der Waals surface area contributed by atoms with Crippen molar-refractivity contribution in [3.05, 3.63) is 69.7 Å². The van der Waals surface area contributed by atoms with Gasteiger partial charge in [-0.1, -0.05) is 47.5 Å². The summed E-state index contributed by atoms with van der Waals surface area (Å²) in [4.78, 5) is 27.5. The molecule has 0 aromatic heterocycles. The van der Waals surface area contributed by atoms with E-state index in [9.17, 15) is 9.59 Å². The number of ketones is 1. The lowest BCUT2D eigenvalue weighted by Gasteiger charge is -2.22. The van der Waals surface area contributed by atoms with Crippen LogP contribution in [0, 0.1) is 0 Å². The molecule has 3 nitrogen and oxygen atoms in total. The van der Waals surface area contributed by atoms with E-state index in [4.69, 9.17) is 0 Å². The van der Waals surface area contributed by atoms with Gasteiger partial charge in [0.1, 0.15) is 0 Å². The summed E-state index contributed by atoms with van der Waals surface area (Å²) in [7, 11) is 0. The van der Waals surface area contributed by atoms with E-state index in [0.717, 1.165) is 17.3 Å². The third-order valence-corrected chi connectivity index (χ3v) is 4.49. The molecule has 0 aliphatic carbocycles. The van der Waals surface area contributed by atoms with E-state index >= 15 is 0 Å². The van der Waals surface area contributed by atoms with Crippen LogP contribution in [-0.4, -0.2) is 29.7 Å². The summed E-state index contributed by atoms with van der Waals surface area (Å²) in [6, 6.07) is 14.3. The molecule has 2 aromatic carbocycles. The van der Waals surface area contributed by atoms with Crippen LogP contribution in [0.4, 0.5) is 0 Å². The topological polar surface area (TPSA) is 37.4 Å². The first-order valence-corrected chi connectivity index (χ1v) is 9.06. The minimum absolute atomic E-state index is 0.0768. The lowest BCUT2D eigenvalue weighted by Crippen LogP contribution is -2.32. The molecule has 0 spiro atoms. The van der Waals surface area contributed by atoms with Gasteiger partial charge in [0.15, 0.2) is 5.78 Å². The van der Waals surface area contributed by atoms with E-state index in [1.54, 1.807) is 41.3 Å². The molecule has 0 bridgehead atoms. The predicted molar refractivity (Wildman–Crippen MR) is 101 cm³/mol. The molecule has 0 aliphatic rings. The Morgan fingerprint density at radius 2 is 1.58 bits per heavy atom. The van der Waals surface area contributed by atoms with Crippen LogP contribution in [0.1, 0.15) is 53.0 Å². The molecule has 126 valence electrons. The molecular weight excluding hydrogens is 366 g/mol. The first-order chi connectivity index (χ1) is 11.6. The Bertz CT molecular complexity index is 710. The third kappa shape index (κ3) is 4.32. The maximum Gasteiger partial charge on any atom is 0.254 e. The van der Waals surface area contributed by atoms with Crippen LogP contribution < -0.4 is 0 Å². The Morgan fingerprint density at radius 3 is 2.17 bits per heavy atom. The fraction of sp³-hybridized carbons (Fsp3) is 0.300. The van der Waals surface area contributed by atoms with Gasteiger partial charge < -0.3 is 4.90 Å². The Labute approximate surface area is 151 Å². The molecule has 0 aliphatic heterocycles. The van der Waals surface area contributed by atoms with E-state index in [1.165, 1.54) is 0 Å². The van der Waals surface area contributed by atoms with Gasteiger partial charge >= 0.3 is 0 Å². The van der Waals surface area contributed by atoms with Crippen LogP contribution in [0.5, 0.6) is 0 Å². The van der Waals surface area contributed by atoms with Crippen LogP contribution in [0.2, 0.25) is 0 Å². The second kappa shape index (κ2) is 8.78. The van der Waals surface area contributed by atoms with E-state index < -0.39 is 0 Å². The van der Waals surface area contributed by atoms with Gasteiger partial charge in [0.2, 0.25) is 0 Å². The highest BCUT2D eigenvalue weighted by molar-refractivity contribution is 9.10. The van der Waals surface area contributed by atoms with E-state index in [1.807, 2.05) is 19.1 Å². The Kier molecular flexibility index (Phi) is 6.73. The molecule has 0 saturated carbocycles. The molecule has 0 heterocycles. The van der Waals surface area contributed by atoms with Crippen molar-refractivity contribution in [1.82, 2.24) is 4.90 Å². The van der Waals surface area contributed by atoms with Crippen molar-refractivity contribution in [2.75, 3.05) is 13.1 Å². The summed E-state index contributed by atoms with van der Waals surface area (Å²) in [5.41, 5.74) is 1.51. The smallest absolute Gasteiger partial charge is 0.254 e. The van der Waals surface area contributed by atoms with Gasteiger partial charge in [-0.3, -0.25) is 9.59 Å². The average molecular weight is 388 g/mol. The second-order valence-electron chi connectivity index (χ2n) is 5.62. The molecule has 1 amide bonds. The Hall–Kier alpha value is -1.94. The zero-order valence-electron chi connectivity index (χ0n) is 14.1. The lowest BCUT2D eigenvalue weighted by atomic mass is 9.97. The third-order valence-electron chi connectivity index (χ3n) is 3.96. The van der Waals surface area contributed by atoms with Crippen LogP contribution in [-0.2, 0) is 0 Å². The minimum Gasteiger partial charge on any atom is -0.339 e. The van der Waals surface area contributed by atoms with Crippen LogP contribution >= 0.6 is 15.9 Å². The predicted octanol–water partition coefficient (Wildman–Crippen LogP) is 4.94. The van der Waals surface area contributed by atoms with Gasteiger partial charge in [-0.05, 0) is 43.7 Å². The van der Waals surface area contributed by atoms with Crippen molar-refractivity contribution < 1.29 is 9.59 Å². The van der Waals surface area contributed by atoms with E-state index in [2.05, 4.69) is 22.9 Å². The molecule has 4 heteroatoms. The maximum absolute atomic E-state index is 12.9. The molecule has 0 unspecified atom stereocenters. The van der Waals surface area contributed by atoms with Gasteiger partial charge in [0.05, 0.1) is 5.56 Å². The summed E-state index contributed by atoms with van der Waals surface area (Å²) in [5.74, 6) is -0.204. The molecule has 2 rings (SSSR count). The van der Waals surface area contributed by atoms with Crippen molar-refractivity contribution in [3.63, 3.8) is 0 Å². The monoisotopic (exact) mass is 387 g/mol. The Morgan fingerprint density at radius 1 is 0.958 bits per heavy atom. The molecule has 0 atom stereocenters. The molecule has 0 saturated heterocycles. The van der Waals surface area contributed by atoms with Gasteiger partial charge in [-0.15, -0.1) is 0 Å². The number of benzene rings is 2. The first-order valence-electron chi connectivity index (χ1n) is 8.27. The van der Waals surface area contributed by atoms with Crippen molar-refractivity contribution >= 4 is 27.6 Å². The van der Waals surface area contributed by atoms with E-state index in [-0.39, 0.29) is 11.7 Å². The van der Waals surface area contributed by atoms with Crippen molar-refractivity contribution in [1.29, 1.82) is 0 Å². The molecule has 24 heavy (non-hydrogen) atoms. The summed E-state index contributed by atoms with van der Waals surface area (Å²) >= 11 is 3.37. The van der Waals surface area contributed by atoms with Gasteiger partial charge in [-0.2, -0.15) is 0 Å². The normalized spacial score (nSPS) is 10.5. The quantitative estimate of drug-likeness (QED) is 0.630. The highest BCUT2D eigenvalue weighted by Gasteiger charge is 2.21. The largest absolute Gasteiger partial charge is 0.339 e. The maximum atomic E-state index is 12.9. The zero-order valence-corrected chi connectivity index (χ0v) is 15.7. The van der Waals surface area contributed by atoms with Crippen molar-refractivity contribution in [2.45, 2.75) is 26.7 Å². The number of nitrogens with zero attached hydrogens (tertiary/aromatic N) is 1. The molecule has 0 N–H and O–H groups in total. The number of unbranched alkanes of at least 4 members (excludes halogenated alkanes) is 1. The fourth-order valence-electron chi connectivity index (χ4n) is 2.55. The summed E-state index contributed by atoms with van der Waals surface area (Å²) in [6.45, 7) is 5.42. The molecule has 0 fully saturated rings. The molecule has 0 radical (unpaired) electrons. The number of hydrogen-bond acceptors (Lipinski definition) is 2. The van der Waals surface area contributed by atoms with Crippen molar-refractivity contribution in [2.24, 2.45) is 0 Å². The van der Waals surface area contributed by atoms with Crippen LogP contribution in [0.25, 0.3) is 0 Å². The van der Waals surface area contributed by atoms with Gasteiger partial charge in [0.25, 0.3) is 5.91 Å². The number of rotatable bonds is 7. The lowest BCUT2D eigenvalue weighted by molar-refractivity contribution is 0.0758. The first kappa shape index (κ1) is 18.4. The number of halogens is 1. The number of carbonyl (C=O) groups is 2.